The molecule has 0 bridgehead atoms. The zero-order valence-corrected chi connectivity index (χ0v) is 13.2. The van der Waals surface area contributed by atoms with Gasteiger partial charge in [-0.1, -0.05) is 30.8 Å². The Labute approximate surface area is 131 Å². The molecule has 2 fully saturated rings. The molecule has 3 rings (SSSR count). The fourth-order valence-electron chi connectivity index (χ4n) is 3.81. The number of nitrogens with zero attached hydrogens (tertiary/aromatic N) is 2. The van der Waals surface area contributed by atoms with E-state index in [-0.39, 0.29) is 11.6 Å². The van der Waals surface area contributed by atoms with Crippen molar-refractivity contribution >= 4 is 11.6 Å². The largest absolute Gasteiger partial charge is 0.462 e. The Morgan fingerprint density at radius 1 is 1.18 bits per heavy atom. The van der Waals surface area contributed by atoms with E-state index in [1.54, 1.807) is 18.4 Å². The molecule has 0 atom stereocenters. The van der Waals surface area contributed by atoms with Crippen LogP contribution in [0.1, 0.15) is 57.1 Å². The molecule has 0 spiro atoms. The summed E-state index contributed by atoms with van der Waals surface area (Å²) in [6.45, 7) is 0. The molecular formula is C17H24N2O3. The van der Waals surface area contributed by atoms with Gasteiger partial charge in [-0.05, 0) is 37.8 Å². The van der Waals surface area contributed by atoms with E-state index in [0.717, 1.165) is 25.7 Å². The van der Waals surface area contributed by atoms with Crippen LogP contribution in [-0.2, 0) is 9.63 Å². The van der Waals surface area contributed by atoms with Crippen LogP contribution in [-0.4, -0.2) is 35.7 Å². The Kier molecular flexibility index (Phi) is 4.80. The second-order valence-electron chi connectivity index (χ2n) is 6.19. The summed E-state index contributed by atoms with van der Waals surface area (Å²) in [4.78, 5) is 20.1. The van der Waals surface area contributed by atoms with Gasteiger partial charge in [0, 0.05) is 12.1 Å². The monoisotopic (exact) mass is 304 g/mol. The van der Waals surface area contributed by atoms with Crippen LogP contribution < -0.4 is 0 Å². The second-order valence-corrected chi connectivity index (χ2v) is 6.19. The Hall–Kier alpha value is -1.78. The Morgan fingerprint density at radius 2 is 1.77 bits per heavy atom. The van der Waals surface area contributed by atoms with E-state index in [2.05, 4.69) is 10.1 Å². The van der Waals surface area contributed by atoms with E-state index in [0.29, 0.717) is 17.8 Å². The van der Waals surface area contributed by atoms with Crippen LogP contribution in [0.2, 0.25) is 0 Å². The number of hydrogen-bond donors (Lipinski definition) is 0. The molecule has 2 saturated carbocycles. The predicted molar refractivity (Wildman–Crippen MR) is 83.6 cm³/mol. The molecule has 1 aromatic rings. The number of carbonyl (C=O) groups excluding carboxylic acids is 1. The van der Waals surface area contributed by atoms with E-state index in [1.807, 2.05) is 0 Å². The summed E-state index contributed by atoms with van der Waals surface area (Å²) < 4.78 is 5.39. The summed E-state index contributed by atoms with van der Waals surface area (Å²) in [6, 6.07) is 4.21. The first-order valence-electron chi connectivity index (χ1n) is 8.29. The lowest BCUT2D eigenvalue weighted by Crippen LogP contribution is -2.48. The van der Waals surface area contributed by atoms with Crippen LogP contribution in [0.15, 0.2) is 28.0 Å². The molecular weight excluding hydrogens is 280 g/mol. The second kappa shape index (κ2) is 6.99. The molecule has 2 aliphatic carbocycles. The lowest BCUT2D eigenvalue weighted by Gasteiger charge is -2.34. The summed E-state index contributed by atoms with van der Waals surface area (Å²) in [5.74, 6) is 0.434. The maximum absolute atomic E-state index is 13.2. The number of carbonyl (C=O) groups is 1. The molecule has 22 heavy (non-hydrogen) atoms. The van der Waals surface area contributed by atoms with Crippen LogP contribution in [0.3, 0.4) is 0 Å². The van der Waals surface area contributed by atoms with E-state index in [1.165, 1.54) is 32.8 Å². The fraction of sp³-hybridized carbons (Fsp3) is 0.647. The minimum atomic E-state index is -0.0457. The van der Waals surface area contributed by atoms with Crippen molar-refractivity contribution in [1.82, 2.24) is 4.90 Å². The van der Waals surface area contributed by atoms with Gasteiger partial charge in [0.25, 0.3) is 5.91 Å². The van der Waals surface area contributed by atoms with Gasteiger partial charge in [0.15, 0.2) is 5.76 Å². The SMILES string of the molecule is CON=C(C(=O)N(C1CCCC1)C1CCCC1)c1ccco1. The molecule has 1 aromatic heterocycles. The fourth-order valence-corrected chi connectivity index (χ4v) is 3.81. The highest BCUT2D eigenvalue weighted by atomic mass is 16.6. The van der Waals surface area contributed by atoms with Gasteiger partial charge >= 0.3 is 0 Å². The zero-order chi connectivity index (χ0) is 15.4. The minimum absolute atomic E-state index is 0.0457. The summed E-state index contributed by atoms with van der Waals surface area (Å²) in [7, 11) is 1.46. The van der Waals surface area contributed by atoms with Crippen molar-refractivity contribution in [2.75, 3.05) is 7.11 Å². The molecule has 0 saturated heterocycles. The number of amides is 1. The van der Waals surface area contributed by atoms with Crippen LogP contribution in [0, 0.1) is 0 Å². The number of rotatable bonds is 5. The quantitative estimate of drug-likeness (QED) is 0.619. The predicted octanol–water partition coefficient (Wildman–Crippen LogP) is 3.34. The Morgan fingerprint density at radius 3 is 2.23 bits per heavy atom. The average Bonchev–Trinajstić information content (AvgIpc) is 3.27. The van der Waals surface area contributed by atoms with Crippen molar-refractivity contribution in [3.63, 3.8) is 0 Å². The van der Waals surface area contributed by atoms with Gasteiger partial charge in [-0.2, -0.15) is 0 Å². The average molecular weight is 304 g/mol. The van der Waals surface area contributed by atoms with Gasteiger partial charge < -0.3 is 14.2 Å². The number of hydrogen-bond acceptors (Lipinski definition) is 4. The smallest absolute Gasteiger partial charge is 0.280 e. The topological polar surface area (TPSA) is 55.0 Å². The van der Waals surface area contributed by atoms with Gasteiger partial charge in [0.2, 0.25) is 5.71 Å². The zero-order valence-electron chi connectivity index (χ0n) is 13.2. The first-order chi connectivity index (χ1) is 10.8. The Balaban J connectivity index is 1.87. The minimum Gasteiger partial charge on any atom is -0.462 e. The maximum Gasteiger partial charge on any atom is 0.280 e. The van der Waals surface area contributed by atoms with Gasteiger partial charge in [0.05, 0.1) is 6.26 Å². The summed E-state index contributed by atoms with van der Waals surface area (Å²) in [6.07, 6.45) is 10.8. The van der Waals surface area contributed by atoms with Crippen LogP contribution >= 0.6 is 0 Å². The van der Waals surface area contributed by atoms with E-state index in [4.69, 9.17) is 9.25 Å². The standard InChI is InChI=1S/C17H24N2O3/c1-21-18-16(15-11-6-12-22-15)17(20)19(13-7-2-3-8-13)14-9-4-5-10-14/h6,11-14H,2-5,7-10H2,1H3. The highest BCUT2D eigenvalue weighted by Gasteiger charge is 2.37. The van der Waals surface area contributed by atoms with Gasteiger partial charge in [-0.15, -0.1) is 0 Å². The van der Waals surface area contributed by atoms with Gasteiger partial charge in [-0.3, -0.25) is 4.79 Å². The first kappa shape index (κ1) is 15.1. The van der Waals surface area contributed by atoms with E-state index < -0.39 is 0 Å². The molecule has 0 aromatic carbocycles. The lowest BCUT2D eigenvalue weighted by atomic mass is 10.1. The van der Waals surface area contributed by atoms with Crippen molar-refractivity contribution in [3.05, 3.63) is 24.2 Å². The molecule has 5 heteroatoms. The van der Waals surface area contributed by atoms with E-state index in [9.17, 15) is 4.79 Å². The molecule has 0 unspecified atom stereocenters. The molecule has 120 valence electrons. The third kappa shape index (κ3) is 3.03. The van der Waals surface area contributed by atoms with Crippen LogP contribution in [0.25, 0.3) is 0 Å². The third-order valence-corrected chi connectivity index (χ3v) is 4.81. The van der Waals surface area contributed by atoms with Crippen molar-refractivity contribution < 1.29 is 14.0 Å². The normalized spacial score (nSPS) is 20.5. The lowest BCUT2D eigenvalue weighted by molar-refractivity contribution is -0.128. The van der Waals surface area contributed by atoms with Gasteiger partial charge in [-0.25, -0.2) is 0 Å². The maximum atomic E-state index is 13.2. The third-order valence-electron chi connectivity index (χ3n) is 4.81. The van der Waals surface area contributed by atoms with Crippen molar-refractivity contribution in [2.24, 2.45) is 5.16 Å². The summed E-state index contributed by atoms with van der Waals surface area (Å²) >= 11 is 0. The summed E-state index contributed by atoms with van der Waals surface area (Å²) in [5.41, 5.74) is 0.284. The van der Waals surface area contributed by atoms with Crippen LogP contribution in [0.4, 0.5) is 0 Å². The van der Waals surface area contributed by atoms with Crippen molar-refractivity contribution in [3.8, 4) is 0 Å². The highest BCUT2D eigenvalue weighted by Crippen LogP contribution is 2.32. The molecule has 1 heterocycles. The molecule has 1 amide bonds. The molecule has 5 nitrogen and oxygen atoms in total. The molecule has 0 radical (unpaired) electrons. The van der Waals surface area contributed by atoms with E-state index >= 15 is 0 Å². The van der Waals surface area contributed by atoms with Crippen molar-refractivity contribution in [1.29, 1.82) is 0 Å². The molecule has 0 N–H and O–H groups in total. The molecule has 2 aliphatic rings. The Bertz CT molecular complexity index is 496. The first-order valence-corrected chi connectivity index (χ1v) is 8.29. The molecule has 0 aliphatic heterocycles. The summed E-state index contributed by atoms with van der Waals surface area (Å²) in [5, 5.41) is 3.96. The van der Waals surface area contributed by atoms with Crippen LogP contribution in [0.5, 0.6) is 0 Å². The highest BCUT2D eigenvalue weighted by molar-refractivity contribution is 6.44. The van der Waals surface area contributed by atoms with Crippen molar-refractivity contribution in [2.45, 2.75) is 63.5 Å². The number of furan rings is 1. The van der Waals surface area contributed by atoms with Gasteiger partial charge in [0.1, 0.15) is 7.11 Å². The number of oxime groups is 1.